The molecular formula is C11H18N2O2S2. The standard InChI is InChI=1S/C11H18N2O2S2/c12-9(16)11(2-4-15-5-3-11)10(14)13-8-1-6-17-7-8/h8H,1-7H2,(H2,12,16)(H,13,14). The highest BCUT2D eigenvalue weighted by Gasteiger charge is 2.43. The average Bonchev–Trinajstić information content (AvgIpc) is 2.82. The Kier molecular flexibility index (Phi) is 4.27. The molecule has 2 aliphatic rings. The fraction of sp³-hybridized carbons (Fsp3) is 0.818. The van der Waals surface area contributed by atoms with Gasteiger partial charge in [0.15, 0.2) is 0 Å². The Hall–Kier alpha value is -0.330. The molecular weight excluding hydrogens is 256 g/mol. The Morgan fingerprint density at radius 2 is 2.18 bits per heavy atom. The van der Waals surface area contributed by atoms with Crippen LogP contribution in [0.5, 0.6) is 0 Å². The van der Waals surface area contributed by atoms with Crippen LogP contribution in [-0.4, -0.2) is 41.7 Å². The molecule has 0 spiro atoms. The molecule has 0 aliphatic carbocycles. The number of nitrogens with two attached hydrogens (primary N) is 1. The molecule has 6 heteroatoms. The Labute approximate surface area is 111 Å². The number of rotatable bonds is 3. The molecule has 2 rings (SSSR count). The predicted octanol–water partition coefficient (Wildman–Crippen LogP) is 0.691. The Morgan fingerprint density at radius 3 is 2.71 bits per heavy atom. The van der Waals surface area contributed by atoms with Crippen molar-refractivity contribution < 1.29 is 9.53 Å². The molecule has 2 saturated heterocycles. The van der Waals surface area contributed by atoms with E-state index in [0.29, 0.717) is 31.0 Å². The summed E-state index contributed by atoms with van der Waals surface area (Å²) in [6.45, 7) is 1.12. The molecule has 1 amide bonds. The number of nitrogens with one attached hydrogen (secondary N) is 1. The lowest BCUT2D eigenvalue weighted by atomic mass is 9.79. The summed E-state index contributed by atoms with van der Waals surface area (Å²) in [6.07, 6.45) is 2.25. The molecule has 96 valence electrons. The number of carbonyl (C=O) groups is 1. The Balaban J connectivity index is 2.04. The summed E-state index contributed by atoms with van der Waals surface area (Å²) < 4.78 is 5.30. The highest BCUT2D eigenvalue weighted by Crippen LogP contribution is 2.32. The van der Waals surface area contributed by atoms with E-state index in [9.17, 15) is 4.79 Å². The second kappa shape index (κ2) is 5.54. The van der Waals surface area contributed by atoms with E-state index in [0.717, 1.165) is 17.9 Å². The van der Waals surface area contributed by atoms with Crippen molar-refractivity contribution in [1.29, 1.82) is 0 Å². The molecule has 4 nitrogen and oxygen atoms in total. The molecule has 2 aliphatic heterocycles. The van der Waals surface area contributed by atoms with Crippen LogP contribution in [0.3, 0.4) is 0 Å². The second-order valence-corrected chi connectivity index (χ2v) is 6.18. The van der Waals surface area contributed by atoms with Crippen LogP contribution >= 0.6 is 24.0 Å². The van der Waals surface area contributed by atoms with Gasteiger partial charge < -0.3 is 15.8 Å². The van der Waals surface area contributed by atoms with E-state index < -0.39 is 5.41 Å². The van der Waals surface area contributed by atoms with Crippen LogP contribution in [0.25, 0.3) is 0 Å². The van der Waals surface area contributed by atoms with Gasteiger partial charge in [0.25, 0.3) is 0 Å². The third-order valence-corrected chi connectivity index (χ3v) is 5.07. The lowest BCUT2D eigenvalue weighted by Crippen LogP contribution is -2.54. The van der Waals surface area contributed by atoms with Crippen LogP contribution in [0.1, 0.15) is 19.3 Å². The van der Waals surface area contributed by atoms with Crippen molar-refractivity contribution in [2.45, 2.75) is 25.3 Å². The van der Waals surface area contributed by atoms with Gasteiger partial charge in [-0.25, -0.2) is 0 Å². The molecule has 17 heavy (non-hydrogen) atoms. The van der Waals surface area contributed by atoms with E-state index in [1.165, 1.54) is 0 Å². The summed E-state index contributed by atoms with van der Waals surface area (Å²) in [4.78, 5) is 12.7. The maximum Gasteiger partial charge on any atom is 0.233 e. The van der Waals surface area contributed by atoms with Crippen molar-refractivity contribution in [1.82, 2.24) is 5.32 Å². The number of thiocarbonyl (C=S) groups is 1. The summed E-state index contributed by atoms with van der Waals surface area (Å²) in [5.74, 6) is 2.12. The minimum atomic E-state index is -0.680. The van der Waals surface area contributed by atoms with Crippen LogP contribution in [0.2, 0.25) is 0 Å². The third kappa shape index (κ3) is 2.74. The van der Waals surface area contributed by atoms with Crippen molar-refractivity contribution in [2.24, 2.45) is 11.1 Å². The zero-order valence-electron chi connectivity index (χ0n) is 9.74. The van der Waals surface area contributed by atoms with Gasteiger partial charge in [-0.15, -0.1) is 0 Å². The summed E-state index contributed by atoms with van der Waals surface area (Å²) in [5, 5.41) is 3.09. The molecule has 0 aromatic heterocycles. The first kappa shape index (κ1) is 13.1. The van der Waals surface area contributed by atoms with Crippen molar-refractivity contribution in [3.8, 4) is 0 Å². The van der Waals surface area contributed by atoms with Gasteiger partial charge in [-0.05, 0) is 25.0 Å². The van der Waals surface area contributed by atoms with Crippen LogP contribution in [0, 0.1) is 5.41 Å². The highest BCUT2D eigenvalue weighted by molar-refractivity contribution is 7.99. The smallest absolute Gasteiger partial charge is 0.233 e. The third-order valence-electron chi connectivity index (χ3n) is 3.52. The first-order chi connectivity index (χ1) is 8.15. The van der Waals surface area contributed by atoms with Gasteiger partial charge in [0, 0.05) is 25.0 Å². The van der Waals surface area contributed by atoms with E-state index in [1.54, 1.807) is 0 Å². The fourth-order valence-electron chi connectivity index (χ4n) is 2.28. The normalized spacial score (nSPS) is 27.6. The molecule has 0 aromatic carbocycles. The van der Waals surface area contributed by atoms with E-state index in [1.807, 2.05) is 11.8 Å². The summed E-state index contributed by atoms with van der Waals surface area (Å²) in [7, 11) is 0. The fourth-order valence-corrected chi connectivity index (χ4v) is 3.73. The molecule has 1 atom stereocenters. The maximum absolute atomic E-state index is 12.4. The quantitative estimate of drug-likeness (QED) is 0.741. The van der Waals surface area contributed by atoms with Crippen molar-refractivity contribution in [3.05, 3.63) is 0 Å². The Morgan fingerprint density at radius 1 is 1.47 bits per heavy atom. The number of carbonyl (C=O) groups excluding carboxylic acids is 1. The minimum Gasteiger partial charge on any atom is -0.392 e. The van der Waals surface area contributed by atoms with Gasteiger partial charge in [-0.1, -0.05) is 12.2 Å². The van der Waals surface area contributed by atoms with Crippen LogP contribution in [0.15, 0.2) is 0 Å². The van der Waals surface area contributed by atoms with Crippen LogP contribution in [-0.2, 0) is 9.53 Å². The van der Waals surface area contributed by atoms with E-state index in [2.05, 4.69) is 5.32 Å². The lowest BCUT2D eigenvalue weighted by Gasteiger charge is -2.35. The molecule has 0 bridgehead atoms. The molecule has 1 unspecified atom stereocenters. The number of hydrogen-bond acceptors (Lipinski definition) is 4. The molecule has 0 radical (unpaired) electrons. The summed E-state index contributed by atoms with van der Waals surface area (Å²) >= 11 is 6.98. The summed E-state index contributed by atoms with van der Waals surface area (Å²) in [6, 6.07) is 0.279. The van der Waals surface area contributed by atoms with E-state index in [-0.39, 0.29) is 11.9 Å². The summed E-state index contributed by atoms with van der Waals surface area (Å²) in [5.41, 5.74) is 5.11. The Bertz CT molecular complexity index is 311. The van der Waals surface area contributed by atoms with Gasteiger partial charge in [0.2, 0.25) is 5.91 Å². The number of ether oxygens (including phenoxy) is 1. The second-order valence-electron chi connectivity index (χ2n) is 4.59. The minimum absolute atomic E-state index is 0.000741. The predicted molar refractivity (Wildman–Crippen MR) is 73.1 cm³/mol. The molecule has 3 N–H and O–H groups in total. The first-order valence-corrected chi connectivity index (χ1v) is 7.48. The molecule has 2 heterocycles. The topological polar surface area (TPSA) is 64.4 Å². The zero-order valence-corrected chi connectivity index (χ0v) is 11.4. The lowest BCUT2D eigenvalue weighted by molar-refractivity contribution is -0.132. The van der Waals surface area contributed by atoms with Crippen molar-refractivity contribution in [3.63, 3.8) is 0 Å². The number of hydrogen-bond donors (Lipinski definition) is 2. The van der Waals surface area contributed by atoms with Gasteiger partial charge in [-0.3, -0.25) is 4.79 Å². The first-order valence-electron chi connectivity index (χ1n) is 5.91. The monoisotopic (exact) mass is 274 g/mol. The van der Waals surface area contributed by atoms with Crippen LogP contribution in [0.4, 0.5) is 0 Å². The van der Waals surface area contributed by atoms with Crippen molar-refractivity contribution in [2.75, 3.05) is 24.7 Å². The van der Waals surface area contributed by atoms with Gasteiger partial charge in [0.05, 0.1) is 4.99 Å². The average molecular weight is 274 g/mol. The van der Waals surface area contributed by atoms with Gasteiger partial charge in [-0.2, -0.15) is 11.8 Å². The molecule has 0 saturated carbocycles. The van der Waals surface area contributed by atoms with E-state index in [4.69, 9.17) is 22.7 Å². The zero-order chi connectivity index (χ0) is 12.3. The van der Waals surface area contributed by atoms with Gasteiger partial charge in [0.1, 0.15) is 5.41 Å². The van der Waals surface area contributed by atoms with E-state index >= 15 is 0 Å². The van der Waals surface area contributed by atoms with Gasteiger partial charge >= 0.3 is 0 Å². The van der Waals surface area contributed by atoms with Crippen LogP contribution < -0.4 is 11.1 Å². The SMILES string of the molecule is NC(=S)C1(C(=O)NC2CCSC2)CCOCC1. The molecule has 0 aromatic rings. The van der Waals surface area contributed by atoms with Crippen molar-refractivity contribution >= 4 is 34.9 Å². The molecule has 2 fully saturated rings. The highest BCUT2D eigenvalue weighted by atomic mass is 32.2. The largest absolute Gasteiger partial charge is 0.392 e. The number of amides is 1. The maximum atomic E-state index is 12.4. The number of thioether (sulfide) groups is 1.